The lowest BCUT2D eigenvalue weighted by Crippen LogP contribution is -2.68. The summed E-state index contributed by atoms with van der Waals surface area (Å²) in [7, 11) is -4.52. The van der Waals surface area contributed by atoms with Crippen LogP contribution in [0.3, 0.4) is 0 Å². The molecule has 1 aromatic carbocycles. The highest BCUT2D eigenvalue weighted by Gasteiger charge is 2.03. The SMILES string of the molecule is C[S+](C)c1ccccc1.[O-][Cl+3]([O-])([O-])[O-]. The van der Waals surface area contributed by atoms with Gasteiger partial charge in [0.2, 0.25) is 0 Å². The molecule has 0 saturated heterocycles. The molecule has 0 spiro atoms. The first-order valence-electron chi connectivity index (χ1n) is 3.55. The maximum absolute atomic E-state index is 8.49. The highest BCUT2D eigenvalue weighted by Crippen LogP contribution is 2.05. The van der Waals surface area contributed by atoms with Gasteiger partial charge in [-0.2, -0.15) is 0 Å². The van der Waals surface area contributed by atoms with Gasteiger partial charge in [0.25, 0.3) is 0 Å². The number of hydrogen-bond acceptors (Lipinski definition) is 4. The second kappa shape index (κ2) is 6.23. The third-order valence-electron chi connectivity index (χ3n) is 1.21. The molecule has 0 N–H and O–H groups in total. The Balaban J connectivity index is 0.000000292. The van der Waals surface area contributed by atoms with Crippen LogP contribution >= 0.6 is 0 Å². The summed E-state index contributed by atoms with van der Waals surface area (Å²) in [5, 5.41) is 0. The summed E-state index contributed by atoms with van der Waals surface area (Å²) >= 11 is 0. The monoisotopic (exact) mass is 238 g/mol. The molecule has 6 heteroatoms. The molecular formula is C8H11ClO4S. The summed E-state index contributed by atoms with van der Waals surface area (Å²) < 4.78 is 34.0. The Kier molecular flexibility index (Phi) is 6.10. The molecule has 0 aromatic heterocycles. The van der Waals surface area contributed by atoms with Gasteiger partial charge in [0.15, 0.2) is 4.90 Å². The molecule has 4 nitrogen and oxygen atoms in total. The first-order chi connectivity index (χ1) is 6.30. The Morgan fingerprint density at radius 3 is 1.50 bits per heavy atom. The van der Waals surface area contributed by atoms with Crippen LogP contribution in [0.1, 0.15) is 0 Å². The van der Waals surface area contributed by atoms with E-state index in [-0.39, 0.29) is 0 Å². The topological polar surface area (TPSA) is 92.2 Å². The number of halogens is 1. The number of hydrogen-bond donors (Lipinski definition) is 0. The van der Waals surface area contributed by atoms with Gasteiger partial charge in [0.1, 0.15) is 12.5 Å². The van der Waals surface area contributed by atoms with Gasteiger partial charge in [-0.05, 0) is 12.1 Å². The maximum Gasteiger partial charge on any atom is 0.154 e. The van der Waals surface area contributed by atoms with Crippen LogP contribution in [0.4, 0.5) is 0 Å². The molecule has 1 aromatic rings. The van der Waals surface area contributed by atoms with Crippen molar-refractivity contribution >= 4 is 10.9 Å². The highest BCUT2D eigenvalue weighted by molar-refractivity contribution is 7.95. The first-order valence-corrected chi connectivity index (χ1v) is 6.82. The lowest BCUT2D eigenvalue weighted by molar-refractivity contribution is -2.00. The van der Waals surface area contributed by atoms with Crippen molar-refractivity contribution in [1.82, 2.24) is 0 Å². The fourth-order valence-electron chi connectivity index (χ4n) is 0.693. The summed E-state index contributed by atoms with van der Waals surface area (Å²) in [6.45, 7) is 0. The average molecular weight is 239 g/mol. The molecule has 0 aliphatic rings. The zero-order chi connectivity index (χ0) is 11.2. The Labute approximate surface area is 87.9 Å². The third kappa shape index (κ3) is 9.79. The van der Waals surface area contributed by atoms with Crippen LogP contribution in [0.15, 0.2) is 35.2 Å². The lowest BCUT2D eigenvalue weighted by atomic mass is 10.4. The minimum atomic E-state index is -4.94. The molecule has 0 aliphatic carbocycles. The van der Waals surface area contributed by atoms with Gasteiger partial charge < -0.3 is 0 Å². The van der Waals surface area contributed by atoms with E-state index in [2.05, 4.69) is 42.8 Å². The summed E-state index contributed by atoms with van der Waals surface area (Å²) in [4.78, 5) is 1.44. The quantitative estimate of drug-likeness (QED) is 0.493. The van der Waals surface area contributed by atoms with Gasteiger partial charge in [-0.1, -0.05) is 18.2 Å². The molecule has 0 aliphatic heterocycles. The molecule has 0 bridgehead atoms. The van der Waals surface area contributed by atoms with Crippen molar-refractivity contribution in [3.05, 3.63) is 30.3 Å². The Morgan fingerprint density at radius 1 is 0.929 bits per heavy atom. The van der Waals surface area contributed by atoms with E-state index in [0.717, 1.165) is 0 Å². The van der Waals surface area contributed by atoms with Gasteiger partial charge >= 0.3 is 0 Å². The summed E-state index contributed by atoms with van der Waals surface area (Å²) in [5.74, 6) is 0. The summed E-state index contributed by atoms with van der Waals surface area (Å²) in [6.07, 6.45) is 4.46. The molecule has 80 valence electrons. The second-order valence-corrected chi connectivity index (χ2v) is 5.37. The molecule has 0 unspecified atom stereocenters. The van der Waals surface area contributed by atoms with Crippen molar-refractivity contribution in [2.45, 2.75) is 4.90 Å². The Bertz CT molecular complexity index is 241. The molecule has 0 saturated carbocycles. The fraction of sp³-hybridized carbons (Fsp3) is 0.250. The zero-order valence-corrected chi connectivity index (χ0v) is 9.38. The van der Waals surface area contributed by atoms with E-state index < -0.39 is 10.2 Å². The van der Waals surface area contributed by atoms with Crippen LogP contribution in [-0.2, 0) is 10.9 Å². The van der Waals surface area contributed by atoms with Gasteiger partial charge in [0.05, 0.1) is 0 Å². The van der Waals surface area contributed by atoms with E-state index in [4.69, 9.17) is 18.6 Å². The van der Waals surface area contributed by atoms with Crippen LogP contribution in [0.2, 0.25) is 0 Å². The van der Waals surface area contributed by atoms with Gasteiger partial charge in [-0.15, -0.1) is 10.2 Å². The van der Waals surface area contributed by atoms with Crippen LogP contribution in [0, 0.1) is 10.2 Å². The minimum absolute atomic E-state index is 0.421. The second-order valence-electron chi connectivity index (χ2n) is 2.51. The minimum Gasteiger partial charge on any atom is -0.222 e. The Hall–Kier alpha value is -0.300. The standard InChI is InChI=1S/C8H11S.ClHO4/c1-9(2)8-6-4-3-5-7-8;2-1(3,4)5/h3-7H,1-2H3;(H,2,3,4,5)/q+1;/p-1. The van der Waals surface area contributed by atoms with Crippen LogP contribution in [0.5, 0.6) is 0 Å². The molecule has 0 radical (unpaired) electrons. The third-order valence-corrected chi connectivity index (χ3v) is 2.43. The van der Waals surface area contributed by atoms with Gasteiger partial charge in [0, 0.05) is 10.9 Å². The van der Waals surface area contributed by atoms with Crippen molar-refractivity contribution in [3.63, 3.8) is 0 Å². The average Bonchev–Trinajstić information content (AvgIpc) is 2.03. The molecule has 0 amide bonds. The lowest BCUT2D eigenvalue weighted by Gasteiger charge is -2.17. The van der Waals surface area contributed by atoms with E-state index in [0.29, 0.717) is 10.9 Å². The summed E-state index contributed by atoms with van der Waals surface area (Å²) in [5.41, 5.74) is 0. The highest BCUT2D eigenvalue weighted by atomic mass is 35.7. The maximum atomic E-state index is 8.49. The summed E-state index contributed by atoms with van der Waals surface area (Å²) in [6, 6.07) is 10.6. The molecule has 0 atom stereocenters. The van der Waals surface area contributed by atoms with Crippen molar-refractivity contribution < 1.29 is 28.9 Å². The van der Waals surface area contributed by atoms with Gasteiger partial charge in [-0.3, -0.25) is 0 Å². The largest absolute Gasteiger partial charge is 0.222 e. The van der Waals surface area contributed by atoms with E-state index in [1.165, 1.54) is 4.90 Å². The van der Waals surface area contributed by atoms with E-state index in [1.807, 2.05) is 0 Å². The normalized spacial score (nSPS) is 10.8. The number of rotatable bonds is 1. The predicted molar refractivity (Wildman–Crippen MR) is 43.9 cm³/mol. The van der Waals surface area contributed by atoms with Crippen molar-refractivity contribution in [3.8, 4) is 0 Å². The fourth-order valence-corrected chi connectivity index (χ4v) is 1.39. The van der Waals surface area contributed by atoms with Crippen LogP contribution in [0.25, 0.3) is 0 Å². The van der Waals surface area contributed by atoms with E-state index in [1.54, 1.807) is 0 Å². The smallest absolute Gasteiger partial charge is 0.154 e. The molecule has 14 heavy (non-hydrogen) atoms. The molecule has 0 heterocycles. The molecule has 0 fully saturated rings. The van der Waals surface area contributed by atoms with Crippen LogP contribution in [-0.4, -0.2) is 12.5 Å². The van der Waals surface area contributed by atoms with Crippen molar-refractivity contribution in [2.24, 2.45) is 0 Å². The molecule has 1 rings (SSSR count). The van der Waals surface area contributed by atoms with Gasteiger partial charge in [-0.25, -0.2) is 18.6 Å². The van der Waals surface area contributed by atoms with E-state index in [9.17, 15) is 0 Å². The number of benzene rings is 1. The van der Waals surface area contributed by atoms with Crippen molar-refractivity contribution in [2.75, 3.05) is 12.5 Å². The zero-order valence-electron chi connectivity index (χ0n) is 7.81. The van der Waals surface area contributed by atoms with Crippen molar-refractivity contribution in [1.29, 1.82) is 0 Å². The Morgan fingerprint density at radius 2 is 1.29 bits per heavy atom. The van der Waals surface area contributed by atoms with Crippen LogP contribution < -0.4 is 18.6 Å². The van der Waals surface area contributed by atoms with E-state index >= 15 is 0 Å². The first kappa shape index (κ1) is 13.7. The predicted octanol–water partition coefficient (Wildman–Crippen LogP) is -2.83. The molecular weight excluding hydrogens is 228 g/mol.